The Morgan fingerprint density at radius 2 is 1.83 bits per heavy atom. The van der Waals surface area contributed by atoms with Crippen molar-refractivity contribution in [3.05, 3.63) is 70.1 Å². The van der Waals surface area contributed by atoms with Crippen molar-refractivity contribution in [1.29, 1.82) is 0 Å². The highest BCUT2D eigenvalue weighted by Gasteiger charge is 2.09. The minimum Gasteiger partial charge on any atom is -0.482 e. The van der Waals surface area contributed by atoms with Gasteiger partial charge in [0.2, 0.25) is 0 Å². The van der Waals surface area contributed by atoms with Crippen molar-refractivity contribution in [2.45, 2.75) is 13.8 Å². The Hall–Kier alpha value is -3.08. The maximum absolute atomic E-state index is 11.9. The van der Waals surface area contributed by atoms with Gasteiger partial charge in [0.1, 0.15) is 17.1 Å². The molecule has 0 radical (unpaired) electrons. The standard InChI is InChI=1S/C19H16O5/c1-12-3-4-13(2)16(9-12)22-11-19(21)23-15-7-5-14-6-8-18(20)24-17(14)10-15/h3-10H,11H2,1-2H3. The average Bonchev–Trinajstić information content (AvgIpc) is 2.55. The van der Waals surface area contributed by atoms with Crippen molar-refractivity contribution in [1.82, 2.24) is 0 Å². The van der Waals surface area contributed by atoms with Crippen molar-refractivity contribution >= 4 is 16.9 Å². The highest BCUT2D eigenvalue weighted by molar-refractivity contribution is 5.80. The zero-order valence-electron chi connectivity index (χ0n) is 13.4. The first-order valence-corrected chi connectivity index (χ1v) is 7.46. The molecule has 1 heterocycles. The zero-order valence-corrected chi connectivity index (χ0v) is 13.4. The minimum absolute atomic E-state index is 0.207. The summed E-state index contributed by atoms with van der Waals surface area (Å²) in [5.41, 5.74) is 1.90. The smallest absolute Gasteiger partial charge is 0.349 e. The van der Waals surface area contributed by atoms with E-state index in [4.69, 9.17) is 13.9 Å². The monoisotopic (exact) mass is 324 g/mol. The molecule has 5 nitrogen and oxygen atoms in total. The molecule has 5 heteroatoms. The Labute approximate surface area is 138 Å². The number of carbonyl (C=O) groups excluding carboxylic acids is 1. The fourth-order valence-corrected chi connectivity index (χ4v) is 2.26. The van der Waals surface area contributed by atoms with Gasteiger partial charge in [0, 0.05) is 17.5 Å². The molecule has 0 fully saturated rings. The highest BCUT2D eigenvalue weighted by Crippen LogP contribution is 2.21. The second-order valence-electron chi connectivity index (χ2n) is 5.49. The van der Waals surface area contributed by atoms with Crippen molar-refractivity contribution in [2.24, 2.45) is 0 Å². The molecule has 0 bridgehead atoms. The van der Waals surface area contributed by atoms with Crippen LogP contribution in [0.15, 0.2) is 57.7 Å². The summed E-state index contributed by atoms with van der Waals surface area (Å²) in [5.74, 6) is 0.413. The fourth-order valence-electron chi connectivity index (χ4n) is 2.26. The Morgan fingerprint density at radius 1 is 1.04 bits per heavy atom. The summed E-state index contributed by atoms with van der Waals surface area (Å²) < 4.78 is 15.8. The number of rotatable bonds is 4. The number of hydrogen-bond donors (Lipinski definition) is 0. The molecule has 0 unspecified atom stereocenters. The third-order valence-corrected chi connectivity index (χ3v) is 3.52. The van der Waals surface area contributed by atoms with E-state index in [1.54, 1.807) is 18.2 Å². The molecule has 0 aliphatic carbocycles. The molecule has 24 heavy (non-hydrogen) atoms. The molecule has 0 N–H and O–H groups in total. The van der Waals surface area contributed by atoms with E-state index in [2.05, 4.69) is 0 Å². The van der Waals surface area contributed by atoms with Crippen LogP contribution < -0.4 is 15.1 Å². The number of hydrogen-bond acceptors (Lipinski definition) is 5. The molecule has 1 aromatic heterocycles. The molecule has 0 amide bonds. The van der Waals surface area contributed by atoms with E-state index in [1.165, 1.54) is 12.1 Å². The molecule has 0 atom stereocenters. The van der Waals surface area contributed by atoms with Gasteiger partial charge in [-0.2, -0.15) is 0 Å². The highest BCUT2D eigenvalue weighted by atomic mass is 16.6. The van der Waals surface area contributed by atoms with Crippen molar-refractivity contribution in [2.75, 3.05) is 6.61 Å². The summed E-state index contributed by atoms with van der Waals surface area (Å²) in [5, 5.41) is 0.751. The summed E-state index contributed by atoms with van der Waals surface area (Å²) in [6.07, 6.45) is 0. The SMILES string of the molecule is Cc1ccc(C)c(OCC(=O)Oc2ccc3ccc(=O)oc3c2)c1. The first kappa shape index (κ1) is 15.8. The minimum atomic E-state index is -0.534. The van der Waals surface area contributed by atoms with Gasteiger partial charge in [-0.3, -0.25) is 0 Å². The van der Waals surface area contributed by atoms with Gasteiger partial charge >= 0.3 is 11.6 Å². The van der Waals surface area contributed by atoms with Crippen LogP contribution in [-0.4, -0.2) is 12.6 Å². The second kappa shape index (κ2) is 6.58. The predicted molar refractivity (Wildman–Crippen MR) is 89.5 cm³/mol. The molecule has 3 rings (SSSR count). The lowest BCUT2D eigenvalue weighted by Gasteiger charge is -2.10. The van der Waals surface area contributed by atoms with Crippen LogP contribution in [0.2, 0.25) is 0 Å². The topological polar surface area (TPSA) is 65.7 Å². The molecule has 3 aromatic rings. The van der Waals surface area contributed by atoms with E-state index in [0.29, 0.717) is 17.1 Å². The largest absolute Gasteiger partial charge is 0.482 e. The number of carbonyl (C=O) groups is 1. The van der Waals surface area contributed by atoms with E-state index in [-0.39, 0.29) is 6.61 Å². The number of fused-ring (bicyclic) bond motifs is 1. The third-order valence-electron chi connectivity index (χ3n) is 3.52. The lowest BCUT2D eigenvalue weighted by Crippen LogP contribution is -2.18. The third kappa shape index (κ3) is 3.63. The maximum atomic E-state index is 11.9. The maximum Gasteiger partial charge on any atom is 0.349 e. The first-order chi connectivity index (χ1) is 11.5. The van der Waals surface area contributed by atoms with E-state index in [1.807, 2.05) is 32.0 Å². The van der Waals surface area contributed by atoms with E-state index in [9.17, 15) is 9.59 Å². The van der Waals surface area contributed by atoms with Crippen LogP contribution in [0, 0.1) is 13.8 Å². The lowest BCUT2D eigenvalue weighted by molar-refractivity contribution is -0.136. The summed E-state index contributed by atoms with van der Waals surface area (Å²) in [6.45, 7) is 3.65. The van der Waals surface area contributed by atoms with Crippen LogP contribution in [0.5, 0.6) is 11.5 Å². The van der Waals surface area contributed by atoms with Crippen molar-refractivity contribution in [3.63, 3.8) is 0 Å². The molecule has 0 saturated carbocycles. The number of ether oxygens (including phenoxy) is 2. The van der Waals surface area contributed by atoms with Crippen molar-refractivity contribution < 1.29 is 18.7 Å². The van der Waals surface area contributed by atoms with Gasteiger partial charge in [-0.15, -0.1) is 0 Å². The number of aryl methyl sites for hydroxylation is 2. The fraction of sp³-hybridized carbons (Fsp3) is 0.158. The van der Waals surface area contributed by atoms with E-state index in [0.717, 1.165) is 16.5 Å². The Balaban J connectivity index is 1.68. The second-order valence-corrected chi connectivity index (χ2v) is 5.49. The molecule has 0 saturated heterocycles. The van der Waals surface area contributed by atoms with E-state index >= 15 is 0 Å². The normalized spacial score (nSPS) is 10.6. The zero-order chi connectivity index (χ0) is 17.1. The molecule has 0 aliphatic rings. The summed E-state index contributed by atoms with van der Waals surface area (Å²) >= 11 is 0. The van der Waals surface area contributed by atoms with Gasteiger partial charge in [-0.1, -0.05) is 12.1 Å². The van der Waals surface area contributed by atoms with Gasteiger partial charge in [-0.25, -0.2) is 9.59 Å². The molecule has 0 aliphatic heterocycles. The molecule has 122 valence electrons. The molecule has 0 spiro atoms. The Morgan fingerprint density at radius 3 is 2.67 bits per heavy atom. The van der Waals surface area contributed by atoms with Crippen LogP contribution in [0.4, 0.5) is 0 Å². The van der Waals surface area contributed by atoms with Gasteiger partial charge < -0.3 is 13.9 Å². The van der Waals surface area contributed by atoms with Crippen LogP contribution in [-0.2, 0) is 4.79 Å². The first-order valence-electron chi connectivity index (χ1n) is 7.46. The van der Waals surface area contributed by atoms with Gasteiger partial charge in [0.25, 0.3) is 0 Å². The summed E-state index contributed by atoms with van der Waals surface area (Å²) in [7, 11) is 0. The van der Waals surface area contributed by atoms with Gasteiger partial charge in [0.05, 0.1) is 0 Å². The van der Waals surface area contributed by atoms with Crippen LogP contribution in [0.1, 0.15) is 11.1 Å². The van der Waals surface area contributed by atoms with Gasteiger partial charge in [-0.05, 0) is 49.2 Å². The Bertz CT molecular complexity index is 955. The Kier molecular flexibility index (Phi) is 4.33. The average molecular weight is 324 g/mol. The molecular weight excluding hydrogens is 308 g/mol. The molecular formula is C19H16O5. The summed E-state index contributed by atoms with van der Waals surface area (Å²) in [6, 6.07) is 13.6. The van der Waals surface area contributed by atoms with Gasteiger partial charge in [0.15, 0.2) is 6.61 Å². The number of benzene rings is 2. The predicted octanol–water partition coefficient (Wildman–Crippen LogP) is 3.39. The lowest BCUT2D eigenvalue weighted by atomic mass is 10.1. The van der Waals surface area contributed by atoms with E-state index < -0.39 is 11.6 Å². The van der Waals surface area contributed by atoms with Crippen LogP contribution >= 0.6 is 0 Å². The van der Waals surface area contributed by atoms with Crippen molar-refractivity contribution in [3.8, 4) is 11.5 Å². The molecule has 2 aromatic carbocycles. The summed E-state index contributed by atoms with van der Waals surface area (Å²) in [4.78, 5) is 23.2. The number of esters is 1. The van der Waals surface area contributed by atoms with Crippen LogP contribution in [0.3, 0.4) is 0 Å². The van der Waals surface area contributed by atoms with Crippen LogP contribution in [0.25, 0.3) is 11.0 Å². The quantitative estimate of drug-likeness (QED) is 0.418.